The molecule has 0 aliphatic heterocycles. The van der Waals surface area contributed by atoms with Crippen LogP contribution in [0, 0.1) is 0 Å². The van der Waals surface area contributed by atoms with E-state index in [0.717, 1.165) is 38.8 Å². The summed E-state index contributed by atoms with van der Waals surface area (Å²) in [6, 6.07) is 0. The highest BCUT2D eigenvalue weighted by Crippen LogP contribution is 2.14. The zero-order valence-electron chi connectivity index (χ0n) is 19.9. The van der Waals surface area contributed by atoms with Gasteiger partial charge in [0.15, 0.2) is 0 Å². The molecule has 4 nitrogen and oxygen atoms in total. The molecule has 29 heavy (non-hydrogen) atoms. The van der Waals surface area contributed by atoms with Crippen molar-refractivity contribution in [2.24, 2.45) is 0 Å². The number of esters is 1. The van der Waals surface area contributed by atoms with Crippen molar-refractivity contribution >= 4 is 5.97 Å². The van der Waals surface area contributed by atoms with Gasteiger partial charge in [-0.05, 0) is 45.2 Å². The standard InChI is InChI=1S/C25H51NO3/c1-4-7-9-11-13-15-18-24(6-3)29-25(28)19-17-21-26(22-23-27)20-16-14-12-10-8-5-2/h24,27H,4-23H2,1-3H3. The molecule has 174 valence electrons. The molecular formula is C25H51NO3. The third-order valence-corrected chi connectivity index (χ3v) is 5.73. The van der Waals surface area contributed by atoms with Crippen LogP contribution >= 0.6 is 0 Å². The number of hydrogen-bond donors (Lipinski definition) is 1. The van der Waals surface area contributed by atoms with E-state index in [1.807, 2.05) is 0 Å². The van der Waals surface area contributed by atoms with E-state index in [0.29, 0.717) is 13.0 Å². The first kappa shape index (κ1) is 28.4. The Morgan fingerprint density at radius 1 is 0.759 bits per heavy atom. The molecule has 0 radical (unpaired) electrons. The lowest BCUT2D eigenvalue weighted by Gasteiger charge is -2.21. The van der Waals surface area contributed by atoms with Crippen molar-refractivity contribution < 1.29 is 14.6 Å². The predicted molar refractivity (Wildman–Crippen MR) is 124 cm³/mol. The zero-order chi connectivity index (χ0) is 21.6. The van der Waals surface area contributed by atoms with E-state index in [-0.39, 0.29) is 18.7 Å². The summed E-state index contributed by atoms with van der Waals surface area (Å²) < 4.78 is 5.70. The number of ether oxygens (including phenoxy) is 1. The van der Waals surface area contributed by atoms with E-state index in [2.05, 4.69) is 25.7 Å². The minimum atomic E-state index is -0.0497. The Morgan fingerprint density at radius 2 is 1.31 bits per heavy atom. The number of aliphatic hydroxyl groups excluding tert-OH is 1. The summed E-state index contributed by atoms with van der Waals surface area (Å²) in [4.78, 5) is 14.5. The van der Waals surface area contributed by atoms with E-state index < -0.39 is 0 Å². The van der Waals surface area contributed by atoms with E-state index in [1.54, 1.807) is 0 Å². The van der Waals surface area contributed by atoms with Crippen LogP contribution in [0.2, 0.25) is 0 Å². The molecule has 0 heterocycles. The number of hydrogen-bond acceptors (Lipinski definition) is 4. The molecule has 4 heteroatoms. The average Bonchev–Trinajstić information content (AvgIpc) is 2.72. The fraction of sp³-hybridized carbons (Fsp3) is 0.960. The van der Waals surface area contributed by atoms with Gasteiger partial charge in [-0.1, -0.05) is 85.0 Å². The van der Waals surface area contributed by atoms with Crippen LogP contribution in [0.25, 0.3) is 0 Å². The number of rotatable bonds is 22. The summed E-state index contributed by atoms with van der Waals surface area (Å²) in [7, 11) is 0. The fourth-order valence-electron chi connectivity index (χ4n) is 3.78. The van der Waals surface area contributed by atoms with Crippen molar-refractivity contribution in [3.63, 3.8) is 0 Å². The third-order valence-electron chi connectivity index (χ3n) is 5.73. The first-order chi connectivity index (χ1) is 14.2. The molecule has 1 N–H and O–H groups in total. The first-order valence-electron chi connectivity index (χ1n) is 12.7. The van der Waals surface area contributed by atoms with Crippen molar-refractivity contribution in [2.45, 2.75) is 130 Å². The number of unbranched alkanes of at least 4 members (excludes halogenated alkanes) is 10. The van der Waals surface area contributed by atoms with Crippen LogP contribution in [0.3, 0.4) is 0 Å². The Bertz CT molecular complexity index is 349. The van der Waals surface area contributed by atoms with Gasteiger partial charge in [0.25, 0.3) is 0 Å². The number of nitrogens with zero attached hydrogens (tertiary/aromatic N) is 1. The average molecular weight is 414 g/mol. The molecule has 0 rings (SSSR count). The number of carbonyl (C=O) groups excluding carboxylic acids is 1. The zero-order valence-corrected chi connectivity index (χ0v) is 19.9. The lowest BCUT2D eigenvalue weighted by Crippen LogP contribution is -2.29. The van der Waals surface area contributed by atoms with Crippen molar-refractivity contribution in [3.05, 3.63) is 0 Å². The van der Waals surface area contributed by atoms with Gasteiger partial charge in [0.2, 0.25) is 0 Å². The molecule has 0 saturated carbocycles. The molecule has 0 amide bonds. The monoisotopic (exact) mass is 413 g/mol. The third kappa shape index (κ3) is 19.1. The molecular weight excluding hydrogens is 362 g/mol. The predicted octanol–water partition coefficient (Wildman–Crippen LogP) is 6.49. The minimum absolute atomic E-state index is 0.0497. The summed E-state index contributed by atoms with van der Waals surface area (Å²) in [5.74, 6) is -0.0497. The highest BCUT2D eigenvalue weighted by molar-refractivity contribution is 5.69. The van der Waals surface area contributed by atoms with Crippen LogP contribution in [0.15, 0.2) is 0 Å². The van der Waals surface area contributed by atoms with Gasteiger partial charge in [-0.15, -0.1) is 0 Å². The second-order valence-electron chi connectivity index (χ2n) is 8.51. The van der Waals surface area contributed by atoms with Gasteiger partial charge in [0.1, 0.15) is 6.10 Å². The highest BCUT2D eigenvalue weighted by Gasteiger charge is 2.13. The Morgan fingerprint density at radius 3 is 1.90 bits per heavy atom. The fourth-order valence-corrected chi connectivity index (χ4v) is 3.78. The molecule has 0 saturated heterocycles. The van der Waals surface area contributed by atoms with Gasteiger partial charge in [-0.25, -0.2) is 0 Å². The lowest BCUT2D eigenvalue weighted by molar-refractivity contribution is -0.149. The van der Waals surface area contributed by atoms with Crippen LogP contribution in [0.5, 0.6) is 0 Å². The molecule has 0 fully saturated rings. The van der Waals surface area contributed by atoms with Crippen LogP contribution in [0.4, 0.5) is 0 Å². The maximum Gasteiger partial charge on any atom is 0.306 e. The lowest BCUT2D eigenvalue weighted by atomic mass is 10.1. The van der Waals surface area contributed by atoms with Gasteiger partial charge >= 0.3 is 5.97 Å². The summed E-state index contributed by atoms with van der Waals surface area (Å²) in [5, 5.41) is 9.29. The summed E-state index contributed by atoms with van der Waals surface area (Å²) in [6.07, 6.45) is 18.7. The highest BCUT2D eigenvalue weighted by atomic mass is 16.5. The molecule has 0 aromatic heterocycles. The van der Waals surface area contributed by atoms with Gasteiger partial charge < -0.3 is 14.7 Å². The van der Waals surface area contributed by atoms with Crippen LogP contribution in [0.1, 0.15) is 124 Å². The summed E-state index contributed by atoms with van der Waals surface area (Å²) in [5.41, 5.74) is 0. The van der Waals surface area contributed by atoms with E-state index in [9.17, 15) is 9.90 Å². The molecule has 0 aliphatic carbocycles. The maximum absolute atomic E-state index is 12.2. The summed E-state index contributed by atoms with van der Waals surface area (Å²) >= 11 is 0. The SMILES string of the molecule is CCCCCCCCC(CC)OC(=O)CCCN(CCO)CCCCCCCC. The van der Waals surface area contributed by atoms with Crippen LogP contribution < -0.4 is 0 Å². The van der Waals surface area contributed by atoms with Crippen molar-refractivity contribution in [2.75, 3.05) is 26.2 Å². The molecule has 0 spiro atoms. The maximum atomic E-state index is 12.2. The van der Waals surface area contributed by atoms with Crippen molar-refractivity contribution in [1.82, 2.24) is 4.90 Å². The Kier molecular flexibility index (Phi) is 21.6. The quantitative estimate of drug-likeness (QED) is 0.163. The van der Waals surface area contributed by atoms with Crippen molar-refractivity contribution in [1.29, 1.82) is 0 Å². The van der Waals surface area contributed by atoms with E-state index in [1.165, 1.54) is 70.6 Å². The van der Waals surface area contributed by atoms with Gasteiger partial charge in [0.05, 0.1) is 6.61 Å². The van der Waals surface area contributed by atoms with Gasteiger partial charge in [0, 0.05) is 13.0 Å². The number of aliphatic hydroxyl groups is 1. The topological polar surface area (TPSA) is 49.8 Å². The van der Waals surface area contributed by atoms with Gasteiger partial charge in [-0.2, -0.15) is 0 Å². The molecule has 1 unspecified atom stereocenters. The second-order valence-corrected chi connectivity index (χ2v) is 8.51. The number of carbonyl (C=O) groups is 1. The van der Waals surface area contributed by atoms with Crippen molar-refractivity contribution in [3.8, 4) is 0 Å². The van der Waals surface area contributed by atoms with E-state index in [4.69, 9.17) is 4.74 Å². The van der Waals surface area contributed by atoms with Crippen LogP contribution in [-0.2, 0) is 9.53 Å². The molecule has 0 aromatic carbocycles. The Balaban J connectivity index is 3.87. The van der Waals surface area contributed by atoms with Gasteiger partial charge in [-0.3, -0.25) is 4.79 Å². The normalized spacial score (nSPS) is 12.4. The Hall–Kier alpha value is -0.610. The first-order valence-corrected chi connectivity index (χ1v) is 12.7. The second kappa shape index (κ2) is 22.1. The van der Waals surface area contributed by atoms with E-state index >= 15 is 0 Å². The molecule has 0 aliphatic rings. The Labute approximate surface area is 181 Å². The van der Waals surface area contributed by atoms with Crippen LogP contribution in [-0.4, -0.2) is 48.3 Å². The largest absolute Gasteiger partial charge is 0.462 e. The molecule has 1 atom stereocenters. The molecule has 0 aromatic rings. The smallest absolute Gasteiger partial charge is 0.306 e. The summed E-state index contributed by atoms with van der Waals surface area (Å²) in [6.45, 7) is 9.39. The molecule has 0 bridgehead atoms. The minimum Gasteiger partial charge on any atom is -0.462 e.